The molecule has 40 heavy (non-hydrogen) atoms. The molecule has 0 amide bonds. The highest BCUT2D eigenvalue weighted by atomic mass is 16.3. The molecule has 0 N–H and O–H groups in total. The Bertz CT molecular complexity index is 1560. The summed E-state index contributed by atoms with van der Waals surface area (Å²) < 4.78 is 12.6. The lowest BCUT2D eigenvalue weighted by molar-refractivity contribution is 0.614. The molecule has 5 rings (SSSR count). The number of fused-ring (bicyclic) bond motifs is 6. The first-order chi connectivity index (χ1) is 19.8. The minimum atomic E-state index is 0.876. The van der Waals surface area contributed by atoms with Gasteiger partial charge in [-0.1, -0.05) is 102 Å². The van der Waals surface area contributed by atoms with E-state index in [1.165, 1.54) is 77.0 Å². The van der Waals surface area contributed by atoms with Crippen LogP contribution in [0.15, 0.2) is 57.4 Å². The highest BCUT2D eigenvalue weighted by Crippen LogP contribution is 2.37. The van der Waals surface area contributed by atoms with E-state index in [2.05, 4.69) is 86.1 Å². The Morgan fingerprint density at radius 1 is 0.450 bits per heavy atom. The van der Waals surface area contributed by atoms with Crippen molar-refractivity contribution in [2.75, 3.05) is 0 Å². The smallest absolute Gasteiger partial charge is 0.136 e. The molecule has 2 aromatic heterocycles. The van der Waals surface area contributed by atoms with Crippen LogP contribution in [0.1, 0.15) is 115 Å². The fraction of sp³-hybridized carbons (Fsp3) is 0.421. The number of hydrogen-bond acceptors (Lipinski definition) is 2. The van der Waals surface area contributed by atoms with Crippen LogP contribution in [-0.2, 0) is 0 Å². The van der Waals surface area contributed by atoms with Crippen LogP contribution in [0, 0.1) is 23.7 Å². The van der Waals surface area contributed by atoms with Crippen LogP contribution in [0.5, 0.6) is 0 Å². The van der Waals surface area contributed by atoms with Gasteiger partial charge in [0.1, 0.15) is 22.3 Å². The van der Waals surface area contributed by atoms with E-state index in [0.29, 0.717) is 0 Å². The molecule has 2 nitrogen and oxygen atoms in total. The number of furan rings is 2. The summed E-state index contributed by atoms with van der Waals surface area (Å²) in [5.41, 5.74) is 5.53. The molecule has 0 saturated carbocycles. The van der Waals surface area contributed by atoms with Gasteiger partial charge in [-0.15, -0.1) is 0 Å². The average molecular weight is 531 g/mol. The normalized spacial score (nSPS) is 11.2. The predicted octanol–water partition coefficient (Wildman–Crippen LogP) is 11.7. The molecule has 0 atom stereocenters. The van der Waals surface area contributed by atoms with E-state index in [1.54, 1.807) is 0 Å². The van der Waals surface area contributed by atoms with Gasteiger partial charge in [0.05, 0.1) is 0 Å². The van der Waals surface area contributed by atoms with E-state index < -0.39 is 0 Å². The minimum Gasteiger partial charge on any atom is -0.456 e. The molecule has 0 spiro atoms. The van der Waals surface area contributed by atoms with Gasteiger partial charge in [-0.2, -0.15) is 0 Å². The van der Waals surface area contributed by atoms with Crippen molar-refractivity contribution in [2.24, 2.45) is 0 Å². The molecule has 5 aromatic rings. The number of rotatable bonds is 12. The van der Waals surface area contributed by atoms with Crippen LogP contribution >= 0.6 is 0 Å². The van der Waals surface area contributed by atoms with E-state index in [-0.39, 0.29) is 0 Å². The standard InChI is InChI=1S/C38H42O2/c1-3-5-7-9-11-13-15-17-19-29-21-23-31-33-27-38-34(28-37(33)39-35(31)25-29)32-24-22-30(26-36(32)40-38)20-18-16-14-12-10-8-6-4-2/h21-28H,3-16H2,1-2H3. The molecule has 0 aliphatic carbocycles. The maximum Gasteiger partial charge on any atom is 0.136 e. The van der Waals surface area contributed by atoms with Crippen LogP contribution in [0.2, 0.25) is 0 Å². The molecular weight excluding hydrogens is 488 g/mol. The fourth-order valence-corrected chi connectivity index (χ4v) is 5.52. The quantitative estimate of drug-likeness (QED) is 0.118. The molecule has 0 unspecified atom stereocenters. The lowest BCUT2D eigenvalue weighted by atomic mass is 10.1. The first-order valence-corrected chi connectivity index (χ1v) is 15.6. The van der Waals surface area contributed by atoms with Crippen LogP contribution in [0.25, 0.3) is 43.9 Å². The molecule has 0 bridgehead atoms. The Balaban J connectivity index is 1.27. The van der Waals surface area contributed by atoms with Crippen molar-refractivity contribution < 1.29 is 8.83 Å². The Morgan fingerprint density at radius 2 is 0.850 bits per heavy atom. The number of hydrogen-bond donors (Lipinski definition) is 0. The zero-order valence-electron chi connectivity index (χ0n) is 24.3. The average Bonchev–Trinajstić information content (AvgIpc) is 3.50. The van der Waals surface area contributed by atoms with Crippen molar-refractivity contribution in [3.05, 3.63) is 59.7 Å². The zero-order chi connectivity index (χ0) is 27.6. The first-order valence-electron chi connectivity index (χ1n) is 15.6. The third kappa shape index (κ3) is 6.92. The maximum absolute atomic E-state index is 6.30. The van der Waals surface area contributed by atoms with Gasteiger partial charge >= 0.3 is 0 Å². The lowest BCUT2D eigenvalue weighted by Crippen LogP contribution is -1.78. The Kier molecular flexibility index (Phi) is 9.87. The van der Waals surface area contributed by atoms with Crippen molar-refractivity contribution in [3.63, 3.8) is 0 Å². The third-order valence-corrected chi connectivity index (χ3v) is 7.84. The van der Waals surface area contributed by atoms with Crippen LogP contribution < -0.4 is 0 Å². The van der Waals surface area contributed by atoms with Crippen molar-refractivity contribution in [1.29, 1.82) is 0 Å². The minimum absolute atomic E-state index is 0.876. The number of benzene rings is 3. The lowest BCUT2D eigenvalue weighted by Gasteiger charge is -1.96. The van der Waals surface area contributed by atoms with E-state index in [1.807, 2.05) is 0 Å². The highest BCUT2D eigenvalue weighted by Gasteiger charge is 2.13. The maximum atomic E-state index is 6.30. The van der Waals surface area contributed by atoms with Gasteiger partial charge in [0.2, 0.25) is 0 Å². The monoisotopic (exact) mass is 530 g/mol. The Hall–Kier alpha value is -3.62. The summed E-state index contributed by atoms with van der Waals surface area (Å²) in [6, 6.07) is 16.8. The molecular formula is C38H42O2. The van der Waals surface area contributed by atoms with Gasteiger partial charge in [0, 0.05) is 45.5 Å². The number of unbranched alkanes of at least 4 members (excludes halogenated alkanes) is 12. The summed E-state index contributed by atoms with van der Waals surface area (Å²) in [4.78, 5) is 0. The fourth-order valence-electron chi connectivity index (χ4n) is 5.52. The van der Waals surface area contributed by atoms with Crippen molar-refractivity contribution in [1.82, 2.24) is 0 Å². The molecule has 0 fully saturated rings. The summed E-state index contributed by atoms with van der Waals surface area (Å²) in [5, 5.41) is 4.35. The zero-order valence-corrected chi connectivity index (χ0v) is 24.3. The molecule has 2 heterocycles. The van der Waals surface area contributed by atoms with E-state index in [4.69, 9.17) is 8.83 Å². The summed E-state index contributed by atoms with van der Waals surface area (Å²) in [5.74, 6) is 13.4. The van der Waals surface area contributed by atoms with Crippen molar-refractivity contribution in [3.8, 4) is 23.7 Å². The van der Waals surface area contributed by atoms with Gasteiger partial charge in [-0.25, -0.2) is 0 Å². The van der Waals surface area contributed by atoms with Gasteiger partial charge in [0.15, 0.2) is 0 Å². The molecule has 0 radical (unpaired) electrons. The summed E-state index contributed by atoms with van der Waals surface area (Å²) in [6.07, 6.45) is 17.5. The second-order valence-corrected chi connectivity index (χ2v) is 11.1. The Morgan fingerprint density at radius 3 is 1.30 bits per heavy atom. The molecule has 0 saturated heterocycles. The van der Waals surface area contributed by atoms with Gasteiger partial charge in [-0.05, 0) is 61.4 Å². The largest absolute Gasteiger partial charge is 0.456 e. The topological polar surface area (TPSA) is 26.3 Å². The summed E-state index contributed by atoms with van der Waals surface area (Å²) in [6.45, 7) is 4.52. The van der Waals surface area contributed by atoms with Crippen molar-refractivity contribution >= 4 is 43.9 Å². The molecule has 2 heteroatoms. The van der Waals surface area contributed by atoms with Crippen LogP contribution in [0.3, 0.4) is 0 Å². The molecule has 0 aliphatic rings. The summed E-state index contributed by atoms with van der Waals surface area (Å²) >= 11 is 0. The molecule has 206 valence electrons. The molecule has 3 aromatic carbocycles. The van der Waals surface area contributed by atoms with Crippen LogP contribution in [0.4, 0.5) is 0 Å². The van der Waals surface area contributed by atoms with Crippen molar-refractivity contribution in [2.45, 2.75) is 104 Å². The third-order valence-electron chi connectivity index (χ3n) is 7.84. The van der Waals surface area contributed by atoms with Gasteiger partial charge in [0.25, 0.3) is 0 Å². The predicted molar refractivity (Wildman–Crippen MR) is 171 cm³/mol. The molecule has 0 aliphatic heterocycles. The van der Waals surface area contributed by atoms with Gasteiger partial charge in [-0.3, -0.25) is 0 Å². The Labute approximate surface area is 239 Å². The SMILES string of the molecule is CCCCCCCCC#Cc1ccc2c(c1)oc1cc3c(cc12)oc1cc(C#CCCCCCCCC)ccc13. The van der Waals surface area contributed by atoms with E-state index in [9.17, 15) is 0 Å². The summed E-state index contributed by atoms with van der Waals surface area (Å²) in [7, 11) is 0. The second-order valence-electron chi connectivity index (χ2n) is 11.1. The van der Waals surface area contributed by atoms with E-state index >= 15 is 0 Å². The second kappa shape index (κ2) is 14.1. The van der Waals surface area contributed by atoms with Crippen LogP contribution in [-0.4, -0.2) is 0 Å². The van der Waals surface area contributed by atoms with Gasteiger partial charge < -0.3 is 8.83 Å². The van der Waals surface area contributed by atoms with E-state index in [0.717, 1.165) is 67.8 Å². The highest BCUT2D eigenvalue weighted by molar-refractivity contribution is 6.14. The first kappa shape index (κ1) is 27.9.